The molecule has 0 atom stereocenters. The van der Waals surface area contributed by atoms with E-state index in [4.69, 9.17) is 11.6 Å². The zero-order valence-corrected chi connectivity index (χ0v) is 14.9. The molecule has 0 unspecified atom stereocenters. The standard InChI is InChI=1S/C22H21ClO2/c23-18-10-8-16(9-11-18)15-4-6-17(7-5-15)20-19(24)14-22(21(20)25)12-2-1-3-13-22/h4-11,25H,1-3,12-14H2. The topological polar surface area (TPSA) is 37.3 Å². The number of aliphatic hydroxyl groups excluding tert-OH is 1. The summed E-state index contributed by atoms with van der Waals surface area (Å²) in [7, 11) is 0. The second-order valence-electron chi connectivity index (χ2n) is 7.25. The molecule has 0 bridgehead atoms. The van der Waals surface area contributed by atoms with Gasteiger partial charge in [-0.05, 0) is 41.7 Å². The predicted molar refractivity (Wildman–Crippen MR) is 102 cm³/mol. The Kier molecular flexibility index (Phi) is 4.16. The summed E-state index contributed by atoms with van der Waals surface area (Å²) in [6.07, 6.45) is 5.72. The molecule has 128 valence electrons. The Morgan fingerprint density at radius 1 is 0.800 bits per heavy atom. The van der Waals surface area contributed by atoms with Crippen LogP contribution in [0.3, 0.4) is 0 Å². The first-order valence-corrected chi connectivity index (χ1v) is 9.30. The van der Waals surface area contributed by atoms with Crippen LogP contribution >= 0.6 is 11.6 Å². The average Bonchev–Trinajstić information content (AvgIpc) is 2.86. The highest BCUT2D eigenvalue weighted by atomic mass is 35.5. The van der Waals surface area contributed by atoms with E-state index in [1.807, 2.05) is 48.5 Å². The van der Waals surface area contributed by atoms with Gasteiger partial charge in [0.1, 0.15) is 5.76 Å². The number of benzene rings is 2. The minimum absolute atomic E-state index is 0.0821. The van der Waals surface area contributed by atoms with Crippen LogP contribution in [0.25, 0.3) is 16.7 Å². The molecule has 0 saturated heterocycles. The Bertz CT molecular complexity index is 825. The van der Waals surface area contributed by atoms with Crippen molar-refractivity contribution in [2.24, 2.45) is 5.41 Å². The van der Waals surface area contributed by atoms with Gasteiger partial charge in [-0.1, -0.05) is 67.3 Å². The largest absolute Gasteiger partial charge is 0.511 e. The molecule has 4 rings (SSSR count). The summed E-state index contributed by atoms with van der Waals surface area (Å²) in [5, 5.41) is 11.6. The molecule has 0 amide bonds. The lowest BCUT2D eigenvalue weighted by atomic mass is 9.72. The molecule has 1 N–H and O–H groups in total. The second-order valence-corrected chi connectivity index (χ2v) is 7.69. The first kappa shape index (κ1) is 16.4. The number of aliphatic hydroxyl groups is 1. The zero-order valence-electron chi connectivity index (χ0n) is 14.1. The minimum atomic E-state index is -0.292. The van der Waals surface area contributed by atoms with E-state index >= 15 is 0 Å². The highest BCUT2D eigenvalue weighted by molar-refractivity contribution is 6.30. The lowest BCUT2D eigenvalue weighted by Crippen LogP contribution is -2.24. The molecule has 2 aliphatic rings. The quantitative estimate of drug-likeness (QED) is 0.698. The molecular weight excluding hydrogens is 332 g/mol. The molecule has 0 aliphatic heterocycles. The van der Waals surface area contributed by atoms with Gasteiger partial charge >= 0.3 is 0 Å². The second kappa shape index (κ2) is 6.34. The number of hydrogen-bond donors (Lipinski definition) is 1. The lowest BCUT2D eigenvalue weighted by Gasteiger charge is -2.32. The van der Waals surface area contributed by atoms with Gasteiger partial charge in [-0.15, -0.1) is 0 Å². The van der Waals surface area contributed by atoms with E-state index in [1.165, 1.54) is 6.42 Å². The van der Waals surface area contributed by atoms with Gasteiger partial charge in [0.15, 0.2) is 5.78 Å². The molecule has 2 aromatic rings. The molecule has 3 heteroatoms. The van der Waals surface area contributed by atoms with Gasteiger partial charge in [0.2, 0.25) is 0 Å². The fourth-order valence-corrected chi connectivity index (χ4v) is 4.41. The van der Waals surface area contributed by atoms with Gasteiger partial charge in [0, 0.05) is 16.9 Å². The van der Waals surface area contributed by atoms with E-state index in [2.05, 4.69) is 0 Å². The number of rotatable bonds is 2. The molecule has 1 spiro atoms. The van der Waals surface area contributed by atoms with Crippen LogP contribution in [-0.4, -0.2) is 10.9 Å². The molecule has 1 saturated carbocycles. The normalized spacial score (nSPS) is 19.6. The molecular formula is C22H21ClO2. The summed E-state index contributed by atoms with van der Waals surface area (Å²) in [6.45, 7) is 0. The van der Waals surface area contributed by atoms with Gasteiger partial charge in [-0.2, -0.15) is 0 Å². The van der Waals surface area contributed by atoms with Crippen molar-refractivity contribution in [1.29, 1.82) is 0 Å². The fraction of sp³-hybridized carbons (Fsp3) is 0.318. The summed E-state index contributed by atoms with van der Waals surface area (Å²) < 4.78 is 0. The van der Waals surface area contributed by atoms with Crippen molar-refractivity contribution in [2.75, 3.05) is 0 Å². The van der Waals surface area contributed by atoms with Crippen molar-refractivity contribution in [1.82, 2.24) is 0 Å². The number of hydrogen-bond acceptors (Lipinski definition) is 2. The van der Waals surface area contributed by atoms with E-state index in [-0.39, 0.29) is 11.2 Å². The van der Waals surface area contributed by atoms with Crippen molar-refractivity contribution >= 4 is 23.0 Å². The number of carbonyl (C=O) groups excluding carboxylic acids is 1. The monoisotopic (exact) mass is 352 g/mol. The summed E-state index contributed by atoms with van der Waals surface area (Å²) in [4.78, 5) is 12.6. The average molecular weight is 353 g/mol. The molecule has 0 heterocycles. The highest BCUT2D eigenvalue weighted by Gasteiger charge is 2.46. The summed E-state index contributed by atoms with van der Waals surface area (Å²) >= 11 is 5.94. The first-order valence-electron chi connectivity index (χ1n) is 8.92. The highest BCUT2D eigenvalue weighted by Crippen LogP contribution is 2.52. The van der Waals surface area contributed by atoms with Crippen molar-refractivity contribution in [3.05, 3.63) is 64.9 Å². The number of ketones is 1. The van der Waals surface area contributed by atoms with E-state index in [0.717, 1.165) is 42.4 Å². The fourth-order valence-electron chi connectivity index (χ4n) is 4.29. The predicted octanol–water partition coefficient (Wildman–Crippen LogP) is 6.20. The Hall–Kier alpha value is -2.06. The van der Waals surface area contributed by atoms with Crippen molar-refractivity contribution in [2.45, 2.75) is 38.5 Å². The van der Waals surface area contributed by atoms with Crippen LogP contribution in [0.5, 0.6) is 0 Å². The van der Waals surface area contributed by atoms with Crippen LogP contribution in [-0.2, 0) is 4.79 Å². The third kappa shape index (κ3) is 2.89. The van der Waals surface area contributed by atoms with Gasteiger partial charge in [0.25, 0.3) is 0 Å². The Labute approximate surface area is 153 Å². The SMILES string of the molecule is O=C1CC2(CCCCC2)C(O)=C1c1ccc(-c2ccc(Cl)cc2)cc1. The Morgan fingerprint density at radius 3 is 1.92 bits per heavy atom. The maximum Gasteiger partial charge on any atom is 0.167 e. The van der Waals surface area contributed by atoms with Crippen molar-refractivity contribution in [3.63, 3.8) is 0 Å². The maximum atomic E-state index is 12.6. The van der Waals surface area contributed by atoms with Crippen LogP contribution in [0.4, 0.5) is 0 Å². The number of carbonyl (C=O) groups is 1. The smallest absolute Gasteiger partial charge is 0.167 e. The number of halogens is 1. The van der Waals surface area contributed by atoms with Crippen LogP contribution in [0.15, 0.2) is 54.3 Å². The summed E-state index contributed by atoms with van der Waals surface area (Å²) in [6, 6.07) is 15.6. The van der Waals surface area contributed by atoms with Gasteiger partial charge in [0.05, 0.1) is 5.57 Å². The molecule has 0 radical (unpaired) electrons. The Balaban J connectivity index is 1.67. The Morgan fingerprint density at radius 2 is 1.32 bits per heavy atom. The zero-order chi connectivity index (χ0) is 17.4. The summed E-state index contributed by atoms with van der Waals surface area (Å²) in [5.41, 5.74) is 3.21. The van der Waals surface area contributed by atoms with E-state index < -0.39 is 0 Å². The first-order chi connectivity index (χ1) is 12.1. The lowest BCUT2D eigenvalue weighted by molar-refractivity contribution is -0.114. The van der Waals surface area contributed by atoms with Crippen LogP contribution in [0, 0.1) is 5.41 Å². The van der Waals surface area contributed by atoms with Crippen molar-refractivity contribution in [3.8, 4) is 11.1 Å². The van der Waals surface area contributed by atoms with E-state index in [1.54, 1.807) is 0 Å². The third-order valence-electron chi connectivity index (χ3n) is 5.68. The van der Waals surface area contributed by atoms with E-state index in [0.29, 0.717) is 22.8 Å². The number of allylic oxidation sites excluding steroid dienone is 2. The molecule has 0 aromatic heterocycles. The summed E-state index contributed by atoms with van der Waals surface area (Å²) in [5.74, 6) is 0.412. The molecule has 2 aliphatic carbocycles. The van der Waals surface area contributed by atoms with Crippen LogP contribution in [0.2, 0.25) is 5.02 Å². The van der Waals surface area contributed by atoms with Crippen LogP contribution < -0.4 is 0 Å². The maximum absolute atomic E-state index is 12.6. The van der Waals surface area contributed by atoms with Crippen molar-refractivity contribution < 1.29 is 9.90 Å². The molecule has 2 aromatic carbocycles. The molecule has 2 nitrogen and oxygen atoms in total. The van der Waals surface area contributed by atoms with E-state index in [9.17, 15) is 9.90 Å². The minimum Gasteiger partial charge on any atom is -0.511 e. The van der Waals surface area contributed by atoms with Gasteiger partial charge in [-0.25, -0.2) is 0 Å². The van der Waals surface area contributed by atoms with Gasteiger partial charge in [-0.3, -0.25) is 4.79 Å². The molecule has 1 fully saturated rings. The molecule has 25 heavy (non-hydrogen) atoms. The van der Waals surface area contributed by atoms with Crippen LogP contribution in [0.1, 0.15) is 44.1 Å². The third-order valence-corrected chi connectivity index (χ3v) is 5.93. The number of Topliss-reactive ketones (excluding diaryl/α,β-unsaturated/α-hetero) is 1. The van der Waals surface area contributed by atoms with Gasteiger partial charge < -0.3 is 5.11 Å².